The van der Waals surface area contributed by atoms with Crippen molar-refractivity contribution in [3.05, 3.63) is 35.4 Å². The molecule has 0 aliphatic rings. The molecule has 2 nitrogen and oxygen atoms in total. The van der Waals surface area contributed by atoms with Crippen LogP contribution in [-0.2, 0) is 0 Å². The molecule has 0 fully saturated rings. The van der Waals surface area contributed by atoms with Gasteiger partial charge in [0.05, 0.1) is 12.5 Å². The number of hydrogen-bond donors (Lipinski definition) is 1. The zero-order valence-corrected chi connectivity index (χ0v) is 7.49. The van der Waals surface area contributed by atoms with Crippen LogP contribution in [0, 0.1) is 18.3 Å². The number of aryl methyl sites for hydroxylation is 1. The van der Waals surface area contributed by atoms with Gasteiger partial charge in [0.2, 0.25) is 0 Å². The summed E-state index contributed by atoms with van der Waals surface area (Å²) >= 11 is 0. The summed E-state index contributed by atoms with van der Waals surface area (Å²) in [6, 6.07) is 7.20. The molecule has 0 radical (unpaired) electrons. The molecule has 1 aromatic carbocycles. The second-order valence-corrected chi connectivity index (χ2v) is 2.81. The number of benzene rings is 1. The molecule has 1 aromatic rings. The van der Waals surface area contributed by atoms with Crippen molar-refractivity contribution in [3.8, 4) is 11.8 Å². The van der Waals surface area contributed by atoms with Crippen LogP contribution in [0.5, 0.6) is 5.75 Å². The summed E-state index contributed by atoms with van der Waals surface area (Å²) in [6.45, 7) is 1.96. The summed E-state index contributed by atoms with van der Waals surface area (Å²) in [5.74, 6) is 0.252. The van der Waals surface area contributed by atoms with Crippen molar-refractivity contribution in [3.63, 3.8) is 0 Å². The van der Waals surface area contributed by atoms with Crippen LogP contribution in [0.25, 0.3) is 6.08 Å². The van der Waals surface area contributed by atoms with Crippen LogP contribution < -0.4 is 0 Å². The molecule has 0 spiro atoms. The van der Waals surface area contributed by atoms with Gasteiger partial charge >= 0.3 is 0 Å². The van der Waals surface area contributed by atoms with Gasteiger partial charge in [-0.1, -0.05) is 18.2 Å². The first-order valence-electron chi connectivity index (χ1n) is 4.07. The largest absolute Gasteiger partial charge is 0.508 e. The fraction of sp³-hybridized carbons (Fsp3) is 0.182. The van der Waals surface area contributed by atoms with Crippen LogP contribution in [0.1, 0.15) is 17.5 Å². The number of rotatable bonds is 2. The van der Waals surface area contributed by atoms with Crippen LogP contribution in [0.3, 0.4) is 0 Å². The minimum Gasteiger partial charge on any atom is -0.508 e. The van der Waals surface area contributed by atoms with E-state index in [2.05, 4.69) is 0 Å². The number of aromatic hydroxyl groups is 1. The van der Waals surface area contributed by atoms with Crippen molar-refractivity contribution in [1.82, 2.24) is 0 Å². The van der Waals surface area contributed by atoms with Crippen molar-refractivity contribution in [2.24, 2.45) is 0 Å². The highest BCUT2D eigenvalue weighted by atomic mass is 16.3. The third-order valence-corrected chi connectivity index (χ3v) is 1.77. The summed E-state index contributed by atoms with van der Waals surface area (Å²) in [5, 5.41) is 17.5. The van der Waals surface area contributed by atoms with E-state index in [9.17, 15) is 5.11 Å². The smallest absolute Gasteiger partial charge is 0.116 e. The maximum Gasteiger partial charge on any atom is 0.116 e. The molecule has 0 atom stereocenters. The highest BCUT2D eigenvalue weighted by molar-refractivity contribution is 5.55. The Labute approximate surface area is 77.8 Å². The Morgan fingerprint density at radius 1 is 1.54 bits per heavy atom. The van der Waals surface area contributed by atoms with Gasteiger partial charge in [0.1, 0.15) is 5.75 Å². The molecule has 0 heterocycles. The molecule has 0 aliphatic carbocycles. The lowest BCUT2D eigenvalue weighted by atomic mass is 10.1. The topological polar surface area (TPSA) is 44.0 Å². The van der Waals surface area contributed by atoms with E-state index in [0.717, 1.165) is 11.1 Å². The molecule has 0 aliphatic heterocycles. The predicted octanol–water partition coefficient (Wildman–Crippen LogP) is 2.63. The van der Waals surface area contributed by atoms with Crippen LogP contribution >= 0.6 is 0 Å². The zero-order valence-electron chi connectivity index (χ0n) is 7.49. The molecular weight excluding hydrogens is 162 g/mol. The molecular formula is C11H11NO. The number of nitrogens with zero attached hydrogens (tertiary/aromatic N) is 1. The third-order valence-electron chi connectivity index (χ3n) is 1.77. The second-order valence-electron chi connectivity index (χ2n) is 2.81. The lowest BCUT2D eigenvalue weighted by molar-refractivity contribution is 0.475. The van der Waals surface area contributed by atoms with Gasteiger partial charge in [-0.15, -0.1) is 0 Å². The minimum absolute atomic E-state index is 0.252. The Balaban J connectivity index is 2.88. The van der Waals surface area contributed by atoms with Crippen molar-refractivity contribution < 1.29 is 5.11 Å². The van der Waals surface area contributed by atoms with Gasteiger partial charge in [0, 0.05) is 0 Å². The van der Waals surface area contributed by atoms with Crippen LogP contribution in [0.2, 0.25) is 0 Å². The average molecular weight is 173 g/mol. The summed E-state index contributed by atoms with van der Waals surface area (Å²) in [4.78, 5) is 0. The number of allylic oxidation sites excluding steroid dienone is 1. The molecule has 0 unspecified atom stereocenters. The highest BCUT2D eigenvalue weighted by Gasteiger charge is 1.94. The van der Waals surface area contributed by atoms with E-state index in [1.54, 1.807) is 18.2 Å². The van der Waals surface area contributed by atoms with Gasteiger partial charge in [-0.2, -0.15) is 5.26 Å². The third kappa shape index (κ3) is 2.64. The molecule has 0 saturated carbocycles. The van der Waals surface area contributed by atoms with E-state index in [1.807, 2.05) is 25.1 Å². The standard InChI is InChI=1S/C11H11NO/c1-9-5-6-11(13)8-10(9)4-2-3-7-12/h2,4-6,8,13H,3H2,1H3. The quantitative estimate of drug-likeness (QED) is 0.747. The second kappa shape index (κ2) is 4.32. The van der Waals surface area contributed by atoms with Crippen LogP contribution in [-0.4, -0.2) is 5.11 Å². The Morgan fingerprint density at radius 3 is 3.00 bits per heavy atom. The monoisotopic (exact) mass is 173 g/mol. The van der Waals surface area contributed by atoms with Crippen molar-refractivity contribution >= 4 is 6.08 Å². The number of phenolic OH excluding ortho intramolecular Hbond substituents is 1. The lowest BCUT2D eigenvalue weighted by Crippen LogP contribution is -1.78. The van der Waals surface area contributed by atoms with E-state index in [4.69, 9.17) is 5.26 Å². The van der Waals surface area contributed by atoms with Crippen LogP contribution in [0.15, 0.2) is 24.3 Å². The fourth-order valence-corrected chi connectivity index (χ4v) is 1.05. The van der Waals surface area contributed by atoms with Crippen molar-refractivity contribution in [1.29, 1.82) is 5.26 Å². The first-order valence-corrected chi connectivity index (χ1v) is 4.07. The van der Waals surface area contributed by atoms with Gasteiger partial charge < -0.3 is 5.11 Å². The molecule has 0 aromatic heterocycles. The molecule has 0 amide bonds. The van der Waals surface area contributed by atoms with E-state index in [1.165, 1.54) is 0 Å². The molecule has 1 rings (SSSR count). The first kappa shape index (κ1) is 9.34. The molecule has 2 heteroatoms. The normalized spacial score (nSPS) is 10.2. The fourth-order valence-electron chi connectivity index (χ4n) is 1.05. The predicted molar refractivity (Wildman–Crippen MR) is 52.1 cm³/mol. The molecule has 0 saturated heterocycles. The molecule has 0 bridgehead atoms. The number of nitriles is 1. The zero-order chi connectivity index (χ0) is 9.68. The average Bonchev–Trinajstić information content (AvgIpc) is 2.11. The maximum atomic E-state index is 9.20. The van der Waals surface area contributed by atoms with E-state index < -0.39 is 0 Å². The summed E-state index contributed by atoms with van der Waals surface area (Å²) in [5.41, 5.74) is 2.04. The van der Waals surface area contributed by atoms with Gasteiger partial charge in [-0.25, -0.2) is 0 Å². The Kier molecular flexibility index (Phi) is 3.10. The Hall–Kier alpha value is -1.75. The van der Waals surface area contributed by atoms with Crippen molar-refractivity contribution in [2.75, 3.05) is 0 Å². The Bertz CT molecular complexity index is 361. The first-order chi connectivity index (χ1) is 6.24. The van der Waals surface area contributed by atoms with E-state index >= 15 is 0 Å². The van der Waals surface area contributed by atoms with Gasteiger partial charge in [0.15, 0.2) is 0 Å². The minimum atomic E-state index is 0.252. The SMILES string of the molecule is Cc1ccc(O)cc1C=CCC#N. The number of phenols is 1. The van der Waals surface area contributed by atoms with Gasteiger partial charge in [0.25, 0.3) is 0 Å². The van der Waals surface area contributed by atoms with Crippen molar-refractivity contribution in [2.45, 2.75) is 13.3 Å². The van der Waals surface area contributed by atoms with Gasteiger partial charge in [-0.05, 0) is 30.2 Å². The Morgan fingerprint density at radius 2 is 2.31 bits per heavy atom. The summed E-state index contributed by atoms with van der Waals surface area (Å²) < 4.78 is 0. The summed E-state index contributed by atoms with van der Waals surface area (Å²) in [6.07, 6.45) is 4.02. The highest BCUT2D eigenvalue weighted by Crippen LogP contribution is 2.17. The van der Waals surface area contributed by atoms with Crippen LogP contribution in [0.4, 0.5) is 0 Å². The molecule has 1 N–H and O–H groups in total. The van der Waals surface area contributed by atoms with E-state index in [0.29, 0.717) is 6.42 Å². The summed E-state index contributed by atoms with van der Waals surface area (Å²) in [7, 11) is 0. The maximum absolute atomic E-state index is 9.20. The van der Waals surface area contributed by atoms with E-state index in [-0.39, 0.29) is 5.75 Å². The van der Waals surface area contributed by atoms with Gasteiger partial charge in [-0.3, -0.25) is 0 Å². The lowest BCUT2D eigenvalue weighted by Gasteiger charge is -1.99. The number of hydrogen-bond acceptors (Lipinski definition) is 2. The molecule has 13 heavy (non-hydrogen) atoms. The molecule has 66 valence electrons.